The molecule has 0 aliphatic carbocycles. The van der Waals surface area contributed by atoms with E-state index in [4.69, 9.17) is 4.74 Å². The Hall–Kier alpha value is -0.160. The minimum absolute atomic E-state index is 0.0773. The molecule has 5 unspecified atom stereocenters. The van der Waals surface area contributed by atoms with Crippen LogP contribution in [0.4, 0.5) is 0 Å². The van der Waals surface area contributed by atoms with Gasteiger partial charge in [-0.3, -0.25) is 0 Å². The number of hydrogen-bond donors (Lipinski definition) is 3. The molecule has 3 N–H and O–H groups in total. The molecule has 0 saturated carbocycles. The van der Waals surface area contributed by atoms with Crippen LogP contribution in [0.3, 0.4) is 0 Å². The fourth-order valence-electron chi connectivity index (χ4n) is 3.06. The zero-order valence-electron chi connectivity index (χ0n) is 12.0. The van der Waals surface area contributed by atoms with Crippen molar-refractivity contribution in [1.29, 1.82) is 0 Å². The Morgan fingerprint density at radius 2 is 1.94 bits per heavy atom. The minimum Gasteiger partial charge on any atom is -0.391 e. The normalized spacial score (nSPS) is 35.5. The Bertz CT molecular complexity index is 252. The Balaban J connectivity index is 2.77. The van der Waals surface area contributed by atoms with E-state index in [0.717, 1.165) is 19.3 Å². The topological polar surface area (TPSA) is 69.9 Å². The molecule has 0 amide bonds. The first-order valence-electron chi connectivity index (χ1n) is 6.94. The Morgan fingerprint density at radius 1 is 1.33 bits per heavy atom. The van der Waals surface area contributed by atoms with Crippen LogP contribution < -0.4 is 0 Å². The summed E-state index contributed by atoms with van der Waals surface area (Å²) in [6, 6.07) is 0. The van der Waals surface area contributed by atoms with E-state index >= 15 is 0 Å². The summed E-state index contributed by atoms with van der Waals surface area (Å²) in [7, 11) is 0. The average molecular weight is 260 g/mol. The molecule has 18 heavy (non-hydrogen) atoms. The number of aliphatic hydroxyl groups is 3. The second-order valence-corrected chi connectivity index (χ2v) is 6.38. The number of ether oxygens (including phenoxy) is 1. The lowest BCUT2D eigenvalue weighted by Crippen LogP contribution is -2.53. The minimum atomic E-state index is -0.845. The first-order chi connectivity index (χ1) is 8.28. The lowest BCUT2D eigenvalue weighted by molar-refractivity contribution is -0.190. The van der Waals surface area contributed by atoms with Crippen LogP contribution in [-0.2, 0) is 4.74 Å². The van der Waals surface area contributed by atoms with Crippen LogP contribution in [0.1, 0.15) is 47.0 Å². The highest BCUT2D eigenvalue weighted by Gasteiger charge is 2.42. The van der Waals surface area contributed by atoms with Gasteiger partial charge in [0.05, 0.1) is 24.9 Å². The van der Waals surface area contributed by atoms with E-state index in [1.165, 1.54) is 0 Å². The summed E-state index contributed by atoms with van der Waals surface area (Å²) in [6.45, 7) is 8.22. The summed E-state index contributed by atoms with van der Waals surface area (Å²) in [6.07, 6.45) is 0.206. The maximum atomic E-state index is 10.1. The molecular formula is C14H28O4. The van der Waals surface area contributed by atoms with Crippen molar-refractivity contribution in [2.24, 2.45) is 11.3 Å². The molecule has 4 nitrogen and oxygen atoms in total. The molecular weight excluding hydrogens is 232 g/mol. The van der Waals surface area contributed by atoms with Gasteiger partial charge in [0.25, 0.3) is 0 Å². The lowest BCUT2D eigenvalue weighted by Gasteiger charge is -2.43. The summed E-state index contributed by atoms with van der Waals surface area (Å²) >= 11 is 0. The van der Waals surface area contributed by atoms with Crippen LogP contribution in [0.5, 0.6) is 0 Å². The molecule has 0 aromatic carbocycles. The van der Waals surface area contributed by atoms with Crippen molar-refractivity contribution in [3.63, 3.8) is 0 Å². The Morgan fingerprint density at radius 3 is 2.44 bits per heavy atom. The van der Waals surface area contributed by atoms with Gasteiger partial charge in [-0.15, -0.1) is 0 Å². The van der Waals surface area contributed by atoms with Gasteiger partial charge in [0, 0.05) is 5.92 Å². The monoisotopic (exact) mass is 260 g/mol. The molecule has 0 aromatic heterocycles. The predicted octanol–water partition coefficient (Wildman–Crippen LogP) is 1.32. The highest BCUT2D eigenvalue weighted by Crippen LogP contribution is 2.37. The van der Waals surface area contributed by atoms with Gasteiger partial charge in [0.2, 0.25) is 0 Å². The smallest absolute Gasteiger partial charge is 0.104 e. The third-order valence-corrected chi connectivity index (χ3v) is 3.90. The molecule has 5 atom stereocenters. The highest BCUT2D eigenvalue weighted by atomic mass is 16.5. The number of aliphatic hydroxyl groups excluding tert-OH is 3. The van der Waals surface area contributed by atoms with Gasteiger partial charge < -0.3 is 20.1 Å². The third-order valence-electron chi connectivity index (χ3n) is 3.90. The van der Waals surface area contributed by atoms with Crippen LogP contribution >= 0.6 is 0 Å². The van der Waals surface area contributed by atoms with E-state index in [9.17, 15) is 15.3 Å². The number of hydrogen-bond acceptors (Lipinski definition) is 4. The van der Waals surface area contributed by atoms with Gasteiger partial charge in [-0.1, -0.05) is 27.2 Å². The van der Waals surface area contributed by atoms with Gasteiger partial charge in [-0.2, -0.15) is 0 Å². The highest BCUT2D eigenvalue weighted by molar-refractivity contribution is 4.91. The van der Waals surface area contributed by atoms with Crippen molar-refractivity contribution >= 4 is 0 Å². The van der Waals surface area contributed by atoms with Crippen LogP contribution in [0.25, 0.3) is 0 Å². The summed E-state index contributed by atoms with van der Waals surface area (Å²) in [5.41, 5.74) is 0.0773. The molecule has 0 radical (unpaired) electrons. The van der Waals surface area contributed by atoms with E-state index in [1.54, 1.807) is 6.92 Å². The maximum absolute atomic E-state index is 10.1. The van der Waals surface area contributed by atoms with Gasteiger partial charge in [0.1, 0.15) is 6.10 Å². The molecule has 1 aliphatic heterocycles. The van der Waals surface area contributed by atoms with E-state index in [2.05, 4.69) is 20.8 Å². The van der Waals surface area contributed by atoms with Crippen LogP contribution in [0.2, 0.25) is 0 Å². The Kier molecular flexibility index (Phi) is 5.59. The molecule has 1 rings (SSSR count). The standard InChI is InChI=1S/C14H28O4/c1-5-6-14(3,4)7-10-12(17)11(16)8-18-13(10)9(2)15/h9-13,15-17H,5-8H2,1-4H3. The largest absolute Gasteiger partial charge is 0.391 e. The first-order valence-corrected chi connectivity index (χ1v) is 6.94. The number of rotatable bonds is 5. The third kappa shape index (κ3) is 3.92. The molecule has 1 heterocycles. The van der Waals surface area contributed by atoms with E-state index in [1.807, 2.05) is 0 Å². The molecule has 0 aromatic rings. The molecule has 1 saturated heterocycles. The molecule has 0 spiro atoms. The van der Waals surface area contributed by atoms with Crippen LogP contribution in [0.15, 0.2) is 0 Å². The second kappa shape index (κ2) is 6.33. The van der Waals surface area contributed by atoms with Crippen molar-refractivity contribution < 1.29 is 20.1 Å². The summed E-state index contributed by atoms with van der Waals surface area (Å²) in [4.78, 5) is 0. The second-order valence-electron chi connectivity index (χ2n) is 6.38. The van der Waals surface area contributed by atoms with Crippen LogP contribution in [-0.4, -0.2) is 46.3 Å². The summed E-state index contributed by atoms with van der Waals surface area (Å²) in [5, 5.41) is 29.6. The SMILES string of the molecule is CCCC(C)(C)CC1C(O)C(O)COC1C(C)O. The average Bonchev–Trinajstić information content (AvgIpc) is 2.24. The quantitative estimate of drug-likeness (QED) is 0.697. The Labute approximate surface area is 110 Å². The maximum Gasteiger partial charge on any atom is 0.104 e. The predicted molar refractivity (Wildman–Crippen MR) is 70.2 cm³/mol. The van der Waals surface area contributed by atoms with Crippen molar-refractivity contribution in [1.82, 2.24) is 0 Å². The van der Waals surface area contributed by atoms with Gasteiger partial charge in [-0.25, -0.2) is 0 Å². The van der Waals surface area contributed by atoms with Crippen molar-refractivity contribution in [3.8, 4) is 0 Å². The van der Waals surface area contributed by atoms with Crippen molar-refractivity contribution in [2.75, 3.05) is 6.61 Å². The fraction of sp³-hybridized carbons (Fsp3) is 1.00. The zero-order valence-corrected chi connectivity index (χ0v) is 12.0. The summed E-state index contributed by atoms with van der Waals surface area (Å²) in [5.74, 6) is -0.213. The van der Waals surface area contributed by atoms with Crippen molar-refractivity contribution in [2.45, 2.75) is 71.4 Å². The fourth-order valence-corrected chi connectivity index (χ4v) is 3.06. The van der Waals surface area contributed by atoms with Gasteiger partial charge >= 0.3 is 0 Å². The van der Waals surface area contributed by atoms with Crippen LogP contribution in [0, 0.1) is 11.3 Å². The molecule has 108 valence electrons. The first kappa shape index (κ1) is 15.9. The van der Waals surface area contributed by atoms with E-state index < -0.39 is 18.3 Å². The molecule has 0 bridgehead atoms. The zero-order chi connectivity index (χ0) is 13.9. The van der Waals surface area contributed by atoms with E-state index in [-0.39, 0.29) is 24.0 Å². The van der Waals surface area contributed by atoms with Gasteiger partial charge in [-0.05, 0) is 25.2 Å². The van der Waals surface area contributed by atoms with E-state index in [0.29, 0.717) is 0 Å². The summed E-state index contributed by atoms with van der Waals surface area (Å²) < 4.78 is 5.50. The lowest BCUT2D eigenvalue weighted by atomic mass is 9.73. The van der Waals surface area contributed by atoms with Gasteiger partial charge in [0.15, 0.2) is 0 Å². The van der Waals surface area contributed by atoms with Crippen molar-refractivity contribution in [3.05, 3.63) is 0 Å². The molecule has 1 fully saturated rings. The molecule has 4 heteroatoms. The molecule has 1 aliphatic rings.